The van der Waals surface area contributed by atoms with E-state index in [1.165, 1.54) is 0 Å². The summed E-state index contributed by atoms with van der Waals surface area (Å²) in [5.74, 6) is -0.0470. The highest BCUT2D eigenvalue weighted by Gasteiger charge is 2.27. The molecule has 1 aliphatic rings. The molecule has 3 aromatic carbocycles. The summed E-state index contributed by atoms with van der Waals surface area (Å²) in [6.45, 7) is 2.79. The second kappa shape index (κ2) is 11.8. The smallest absolute Gasteiger partial charge is 0.352 e. The average molecular weight is 553 g/mol. The first-order valence-corrected chi connectivity index (χ1v) is 14.3. The number of ether oxygens (including phenoxy) is 2. The van der Waals surface area contributed by atoms with Gasteiger partial charge in [-0.2, -0.15) is 5.10 Å². The lowest BCUT2D eigenvalue weighted by atomic mass is 9.98. The quantitative estimate of drug-likeness (QED) is 0.232. The van der Waals surface area contributed by atoms with Crippen molar-refractivity contribution in [3.63, 3.8) is 0 Å². The van der Waals surface area contributed by atoms with Crippen LogP contribution in [0.25, 0.3) is 32.8 Å². The molecule has 0 unspecified atom stereocenters. The van der Waals surface area contributed by atoms with Crippen molar-refractivity contribution in [1.29, 1.82) is 0 Å². The van der Waals surface area contributed by atoms with Gasteiger partial charge < -0.3 is 24.5 Å². The highest BCUT2D eigenvalue weighted by atomic mass is 16.5. The lowest BCUT2D eigenvalue weighted by Crippen LogP contribution is -2.12. The van der Waals surface area contributed by atoms with E-state index in [4.69, 9.17) is 14.6 Å². The second-order valence-corrected chi connectivity index (χ2v) is 10.6. The summed E-state index contributed by atoms with van der Waals surface area (Å²) >= 11 is 0. The van der Waals surface area contributed by atoms with Crippen LogP contribution in [-0.4, -0.2) is 45.7 Å². The number of carboxylic acid groups (broad SMARTS) is 1. The lowest BCUT2D eigenvalue weighted by Gasteiger charge is -2.12. The summed E-state index contributed by atoms with van der Waals surface area (Å²) in [7, 11) is 3.86. The zero-order chi connectivity index (χ0) is 28.3. The fourth-order valence-electron chi connectivity index (χ4n) is 6.19. The van der Waals surface area contributed by atoms with E-state index < -0.39 is 5.97 Å². The Bertz CT molecular complexity index is 1710. The first-order valence-electron chi connectivity index (χ1n) is 14.3. The third-order valence-electron chi connectivity index (χ3n) is 7.98. The number of aromatic carboxylic acids is 1. The van der Waals surface area contributed by atoms with E-state index in [0.717, 1.165) is 68.3 Å². The molecule has 0 aliphatic carbocycles. The number of carboxylic acids is 1. The zero-order valence-electron chi connectivity index (χ0n) is 23.7. The van der Waals surface area contributed by atoms with Gasteiger partial charge in [0.1, 0.15) is 11.4 Å². The lowest BCUT2D eigenvalue weighted by molar-refractivity contribution is 0.0683. The highest BCUT2D eigenvalue weighted by molar-refractivity contribution is 6.04. The fourth-order valence-corrected chi connectivity index (χ4v) is 6.19. The minimum Gasteiger partial charge on any atom is -0.493 e. The van der Waals surface area contributed by atoms with Gasteiger partial charge in [0.05, 0.1) is 30.1 Å². The summed E-state index contributed by atoms with van der Waals surface area (Å²) in [5.41, 5.74) is 6.15. The Morgan fingerprint density at radius 1 is 1.07 bits per heavy atom. The van der Waals surface area contributed by atoms with Gasteiger partial charge in [0, 0.05) is 48.6 Å². The first-order chi connectivity index (χ1) is 20.1. The van der Waals surface area contributed by atoms with Gasteiger partial charge in [0.15, 0.2) is 0 Å². The monoisotopic (exact) mass is 552 g/mol. The zero-order valence-corrected chi connectivity index (χ0v) is 23.7. The SMILES string of the molecule is CNCc1nn(C)c2c1-c1cccc3c(CCCOc4cccc5ccccc45)c(C(=O)O)n(c13)CCCCOC2. The fraction of sp³-hybridized carbons (Fsp3) is 0.333. The van der Waals surface area contributed by atoms with Crippen LogP contribution >= 0.6 is 0 Å². The molecule has 0 spiro atoms. The number of aromatic nitrogens is 3. The Balaban J connectivity index is 1.41. The molecule has 5 aromatic rings. The maximum absolute atomic E-state index is 12.8. The molecule has 41 heavy (non-hydrogen) atoms. The van der Waals surface area contributed by atoms with Crippen LogP contribution in [0.15, 0.2) is 60.7 Å². The molecule has 8 nitrogen and oxygen atoms in total. The predicted octanol–water partition coefficient (Wildman–Crippen LogP) is 5.93. The number of hydrogen-bond donors (Lipinski definition) is 2. The van der Waals surface area contributed by atoms with Crippen molar-refractivity contribution in [1.82, 2.24) is 19.7 Å². The summed E-state index contributed by atoms with van der Waals surface area (Å²) in [5, 5.41) is 21.8. The van der Waals surface area contributed by atoms with Crippen LogP contribution in [0, 0.1) is 0 Å². The molecule has 2 N–H and O–H groups in total. The van der Waals surface area contributed by atoms with Crippen LogP contribution in [0.2, 0.25) is 0 Å². The molecule has 0 fully saturated rings. The van der Waals surface area contributed by atoms with Gasteiger partial charge in [-0.3, -0.25) is 4.68 Å². The normalized spacial score (nSPS) is 13.7. The first kappa shape index (κ1) is 27.1. The van der Waals surface area contributed by atoms with E-state index in [0.29, 0.717) is 51.4 Å². The molecular weight excluding hydrogens is 516 g/mol. The molecule has 3 heterocycles. The molecule has 2 aromatic heterocycles. The van der Waals surface area contributed by atoms with Crippen molar-refractivity contribution in [2.24, 2.45) is 7.05 Å². The number of para-hydroxylation sites is 1. The molecule has 0 saturated heterocycles. The number of nitrogens with one attached hydrogen (secondary N) is 1. The molecule has 1 aliphatic heterocycles. The predicted molar refractivity (Wildman–Crippen MR) is 161 cm³/mol. The van der Waals surface area contributed by atoms with Gasteiger partial charge in [-0.05, 0) is 49.7 Å². The molecule has 0 saturated carbocycles. The molecule has 212 valence electrons. The largest absolute Gasteiger partial charge is 0.493 e. The average Bonchev–Trinajstić information content (AvgIpc) is 3.45. The number of carbonyl (C=O) groups is 1. The topological polar surface area (TPSA) is 90.5 Å². The van der Waals surface area contributed by atoms with Crippen LogP contribution in [0.4, 0.5) is 0 Å². The number of rotatable bonds is 8. The van der Waals surface area contributed by atoms with Gasteiger partial charge in [0.2, 0.25) is 0 Å². The van der Waals surface area contributed by atoms with Crippen molar-refractivity contribution < 1.29 is 19.4 Å². The molecule has 0 bridgehead atoms. The molecule has 6 rings (SSSR count). The molecule has 0 amide bonds. The van der Waals surface area contributed by atoms with Crippen LogP contribution in [0.3, 0.4) is 0 Å². The van der Waals surface area contributed by atoms with E-state index in [2.05, 4.69) is 35.6 Å². The second-order valence-electron chi connectivity index (χ2n) is 10.6. The van der Waals surface area contributed by atoms with Crippen molar-refractivity contribution in [3.05, 3.63) is 83.3 Å². The van der Waals surface area contributed by atoms with Crippen LogP contribution in [-0.2, 0) is 37.9 Å². The summed E-state index contributed by atoms with van der Waals surface area (Å²) in [6.07, 6.45) is 2.99. The van der Waals surface area contributed by atoms with Gasteiger partial charge in [-0.15, -0.1) is 0 Å². The van der Waals surface area contributed by atoms with Gasteiger partial charge in [-0.1, -0.05) is 54.6 Å². The van der Waals surface area contributed by atoms with E-state index in [9.17, 15) is 9.90 Å². The van der Waals surface area contributed by atoms with Gasteiger partial charge >= 0.3 is 5.97 Å². The minimum absolute atomic E-state index is 0.374. The van der Waals surface area contributed by atoms with E-state index in [1.807, 2.05) is 53.7 Å². The minimum atomic E-state index is -0.898. The van der Waals surface area contributed by atoms with Crippen molar-refractivity contribution in [2.45, 2.75) is 45.4 Å². The maximum atomic E-state index is 12.8. The maximum Gasteiger partial charge on any atom is 0.352 e. The van der Waals surface area contributed by atoms with E-state index in [-0.39, 0.29) is 0 Å². The molecule has 0 atom stereocenters. The van der Waals surface area contributed by atoms with E-state index in [1.54, 1.807) is 0 Å². The third-order valence-corrected chi connectivity index (χ3v) is 7.98. The third kappa shape index (κ3) is 5.09. The summed E-state index contributed by atoms with van der Waals surface area (Å²) in [6, 6.07) is 20.4. The highest BCUT2D eigenvalue weighted by Crippen LogP contribution is 2.39. The Kier molecular flexibility index (Phi) is 7.76. The van der Waals surface area contributed by atoms with Gasteiger partial charge in [-0.25, -0.2) is 4.79 Å². The Morgan fingerprint density at radius 3 is 2.73 bits per heavy atom. The van der Waals surface area contributed by atoms with Crippen LogP contribution in [0.5, 0.6) is 5.75 Å². The Labute approximate surface area is 239 Å². The number of nitrogens with zero attached hydrogens (tertiary/aromatic N) is 3. The van der Waals surface area contributed by atoms with Gasteiger partial charge in [0.25, 0.3) is 0 Å². The number of fused-ring (bicyclic) bond motifs is 3. The Hall–Kier alpha value is -4.14. The standard InChI is InChI=1S/C33H36N4O4/c1-34-20-27-30-26-14-8-13-24-25(15-9-19-41-29-16-7-11-22-10-3-4-12-23(22)29)32(33(38)39)37(31(24)26)17-5-6-18-40-21-28(30)36(2)35-27/h3-4,7-8,10-14,16,34H,5-6,9,15,17-21H2,1-2H3,(H,38,39). The number of hydrogen-bond acceptors (Lipinski definition) is 5. The molecular formula is C33H36N4O4. The number of aryl methyl sites for hydroxylation is 3. The molecule has 8 heteroatoms. The molecule has 0 radical (unpaired) electrons. The Morgan fingerprint density at radius 2 is 1.88 bits per heavy atom. The number of benzene rings is 3. The summed E-state index contributed by atoms with van der Waals surface area (Å²) < 4.78 is 16.2. The summed E-state index contributed by atoms with van der Waals surface area (Å²) in [4.78, 5) is 12.8. The van der Waals surface area contributed by atoms with E-state index >= 15 is 0 Å². The van der Waals surface area contributed by atoms with Crippen LogP contribution in [0.1, 0.15) is 46.7 Å². The van der Waals surface area contributed by atoms with Crippen molar-refractivity contribution in [3.8, 4) is 16.9 Å². The van der Waals surface area contributed by atoms with Crippen molar-refractivity contribution in [2.75, 3.05) is 20.3 Å². The van der Waals surface area contributed by atoms with Crippen LogP contribution < -0.4 is 10.1 Å². The van der Waals surface area contributed by atoms with Crippen molar-refractivity contribution >= 4 is 27.6 Å².